The Labute approximate surface area is 110 Å². The highest BCUT2D eigenvalue weighted by molar-refractivity contribution is 14.1. The number of carbonyl (C=O) groups excluding carboxylic acids is 1. The summed E-state index contributed by atoms with van der Waals surface area (Å²) in [6.07, 6.45) is 0. The predicted molar refractivity (Wildman–Crippen MR) is 66.9 cm³/mol. The highest BCUT2D eigenvalue weighted by Crippen LogP contribution is 2.32. The molecule has 0 aromatic carbocycles. The fourth-order valence-corrected chi connectivity index (χ4v) is 2.06. The van der Waals surface area contributed by atoms with Gasteiger partial charge in [-0.05, 0) is 36.4 Å². The van der Waals surface area contributed by atoms with Gasteiger partial charge >= 0.3 is 5.97 Å². The number of hydrogen-bond donors (Lipinski definition) is 1. The molecule has 2 aromatic heterocycles. The van der Waals surface area contributed by atoms with Gasteiger partial charge in [0.25, 0.3) is 0 Å². The summed E-state index contributed by atoms with van der Waals surface area (Å²) in [7, 11) is 0. The predicted octanol–water partition coefficient (Wildman–Crippen LogP) is 2.02. The van der Waals surface area contributed by atoms with Crippen LogP contribution in [0.2, 0.25) is 0 Å². The van der Waals surface area contributed by atoms with Gasteiger partial charge in [0.1, 0.15) is 3.70 Å². The number of aromatic nitrogens is 2. The Morgan fingerprint density at radius 3 is 2.94 bits per heavy atom. The minimum absolute atomic E-state index is 0.116. The van der Waals surface area contributed by atoms with E-state index in [1.165, 1.54) is 0 Å². The van der Waals surface area contributed by atoms with Crippen LogP contribution in [0.5, 0.6) is 5.75 Å². The second kappa shape index (κ2) is 4.47. The van der Waals surface area contributed by atoms with Gasteiger partial charge in [-0.2, -0.15) is 0 Å². The molecule has 0 spiro atoms. The van der Waals surface area contributed by atoms with E-state index in [9.17, 15) is 9.90 Å². The topological polar surface area (TPSA) is 85.5 Å². The van der Waals surface area contributed by atoms with Crippen LogP contribution in [-0.2, 0) is 4.74 Å². The number of rotatable bonds is 2. The van der Waals surface area contributed by atoms with Gasteiger partial charge in [-0.25, -0.2) is 9.78 Å². The maximum absolute atomic E-state index is 11.6. The van der Waals surface area contributed by atoms with E-state index in [1.54, 1.807) is 13.8 Å². The Bertz CT molecular complexity index is 593. The van der Waals surface area contributed by atoms with Crippen molar-refractivity contribution in [3.8, 4) is 5.75 Å². The van der Waals surface area contributed by atoms with E-state index in [0.717, 1.165) is 0 Å². The van der Waals surface area contributed by atoms with Gasteiger partial charge in [0.05, 0.1) is 17.7 Å². The molecule has 0 fully saturated rings. The third-order valence-electron chi connectivity index (χ3n) is 2.19. The van der Waals surface area contributed by atoms with Crippen molar-refractivity contribution in [2.45, 2.75) is 13.8 Å². The van der Waals surface area contributed by atoms with Crippen LogP contribution in [0.15, 0.2) is 4.52 Å². The zero-order valence-corrected chi connectivity index (χ0v) is 11.3. The zero-order valence-electron chi connectivity index (χ0n) is 9.15. The van der Waals surface area contributed by atoms with Crippen LogP contribution in [-0.4, -0.2) is 27.8 Å². The zero-order chi connectivity index (χ0) is 12.6. The van der Waals surface area contributed by atoms with E-state index in [-0.39, 0.29) is 18.1 Å². The lowest BCUT2D eigenvalue weighted by Crippen LogP contribution is -2.08. The fourth-order valence-electron chi connectivity index (χ4n) is 1.45. The van der Waals surface area contributed by atoms with Gasteiger partial charge in [-0.15, -0.1) is 0 Å². The minimum Gasteiger partial charge on any atom is -0.505 e. The van der Waals surface area contributed by atoms with E-state index in [4.69, 9.17) is 9.26 Å². The second-order valence-corrected chi connectivity index (χ2v) is 4.31. The number of carbonyl (C=O) groups is 1. The first-order valence-electron chi connectivity index (χ1n) is 4.87. The molecule has 0 bridgehead atoms. The number of aromatic hydroxyl groups is 1. The molecule has 0 aliphatic carbocycles. The summed E-state index contributed by atoms with van der Waals surface area (Å²) >= 11 is 1.91. The van der Waals surface area contributed by atoms with Gasteiger partial charge in [0.15, 0.2) is 11.4 Å². The average Bonchev–Trinajstić information content (AvgIpc) is 2.67. The van der Waals surface area contributed by atoms with Crippen molar-refractivity contribution in [2.24, 2.45) is 0 Å². The largest absolute Gasteiger partial charge is 0.505 e. The van der Waals surface area contributed by atoms with Crippen LogP contribution in [0.4, 0.5) is 0 Å². The summed E-state index contributed by atoms with van der Waals surface area (Å²) in [4.78, 5) is 15.6. The summed E-state index contributed by atoms with van der Waals surface area (Å²) in [5.41, 5.74) is 0.757. The molecule has 0 aliphatic heterocycles. The molecule has 2 rings (SSSR count). The normalized spacial score (nSPS) is 10.8. The molecule has 2 aromatic rings. The Balaban J connectivity index is 2.69. The van der Waals surface area contributed by atoms with Crippen LogP contribution in [0.3, 0.4) is 0 Å². The van der Waals surface area contributed by atoms with E-state index in [0.29, 0.717) is 20.4 Å². The quantitative estimate of drug-likeness (QED) is 0.508. The van der Waals surface area contributed by atoms with Gasteiger partial charge in [-0.3, -0.25) is 0 Å². The molecule has 0 unspecified atom stereocenters. The number of hydrogen-bond acceptors (Lipinski definition) is 6. The Hall–Kier alpha value is -1.38. The Morgan fingerprint density at radius 2 is 2.29 bits per heavy atom. The number of fused-ring (bicyclic) bond motifs is 1. The SMILES string of the molecule is CCOC(=O)c1nc(I)c2onc(C)c2c1O. The van der Waals surface area contributed by atoms with Gasteiger partial charge in [0, 0.05) is 0 Å². The molecule has 0 saturated carbocycles. The first-order chi connectivity index (χ1) is 8.06. The van der Waals surface area contributed by atoms with E-state index in [2.05, 4.69) is 10.1 Å². The maximum Gasteiger partial charge on any atom is 0.360 e. The molecule has 0 radical (unpaired) electrons. The van der Waals surface area contributed by atoms with Crippen LogP contribution in [0.25, 0.3) is 11.0 Å². The van der Waals surface area contributed by atoms with Gasteiger partial charge in [0.2, 0.25) is 5.58 Å². The van der Waals surface area contributed by atoms with Crippen molar-refractivity contribution < 1.29 is 19.2 Å². The first kappa shape index (κ1) is 12.1. The van der Waals surface area contributed by atoms with Crippen molar-refractivity contribution in [3.63, 3.8) is 0 Å². The van der Waals surface area contributed by atoms with Crippen LogP contribution < -0.4 is 0 Å². The minimum atomic E-state index is -0.662. The average molecular weight is 348 g/mol. The smallest absolute Gasteiger partial charge is 0.360 e. The summed E-state index contributed by atoms with van der Waals surface area (Å²) in [6, 6.07) is 0. The number of pyridine rings is 1. The van der Waals surface area contributed by atoms with E-state index < -0.39 is 5.97 Å². The number of ether oxygens (including phenoxy) is 1. The van der Waals surface area contributed by atoms with Gasteiger partial charge in [-0.1, -0.05) is 5.16 Å². The monoisotopic (exact) mass is 348 g/mol. The number of halogens is 1. The summed E-state index contributed by atoms with van der Waals surface area (Å²) < 4.78 is 10.3. The maximum atomic E-state index is 11.6. The summed E-state index contributed by atoms with van der Waals surface area (Å²) in [5, 5.41) is 14.1. The van der Waals surface area contributed by atoms with Crippen molar-refractivity contribution in [2.75, 3.05) is 6.61 Å². The third kappa shape index (κ3) is 1.94. The molecule has 0 aliphatic rings. The lowest BCUT2D eigenvalue weighted by molar-refractivity contribution is 0.0516. The lowest BCUT2D eigenvalue weighted by atomic mass is 10.2. The molecule has 0 atom stereocenters. The van der Waals surface area contributed by atoms with Crippen LogP contribution in [0.1, 0.15) is 23.1 Å². The molecule has 0 amide bonds. The Morgan fingerprint density at radius 1 is 1.59 bits per heavy atom. The van der Waals surface area contributed by atoms with E-state index >= 15 is 0 Å². The van der Waals surface area contributed by atoms with Crippen molar-refractivity contribution in [3.05, 3.63) is 15.1 Å². The molecule has 1 N–H and O–H groups in total. The van der Waals surface area contributed by atoms with Crippen molar-refractivity contribution in [1.82, 2.24) is 10.1 Å². The summed E-state index contributed by atoms with van der Waals surface area (Å²) in [5.74, 6) is -0.914. The molecule has 7 heteroatoms. The highest BCUT2D eigenvalue weighted by atomic mass is 127. The first-order valence-corrected chi connectivity index (χ1v) is 5.95. The highest BCUT2D eigenvalue weighted by Gasteiger charge is 2.23. The molecule has 6 nitrogen and oxygen atoms in total. The number of nitrogens with zero attached hydrogens (tertiary/aromatic N) is 2. The molecular weight excluding hydrogens is 339 g/mol. The number of esters is 1. The van der Waals surface area contributed by atoms with E-state index in [1.807, 2.05) is 22.6 Å². The van der Waals surface area contributed by atoms with Gasteiger partial charge < -0.3 is 14.4 Å². The fraction of sp³-hybridized carbons (Fsp3) is 0.300. The number of aryl methyl sites for hydroxylation is 1. The van der Waals surface area contributed by atoms with Crippen molar-refractivity contribution >= 4 is 39.5 Å². The molecule has 0 saturated heterocycles. The lowest BCUT2D eigenvalue weighted by Gasteiger charge is -2.04. The standard InChI is InChI=1S/C10H9IN2O4/c1-3-16-10(15)6-7(14)5-4(2)13-17-8(5)9(11)12-6/h14H,3H2,1-2H3. The Kier molecular flexibility index (Phi) is 3.18. The molecular formula is C10H9IN2O4. The summed E-state index contributed by atoms with van der Waals surface area (Å²) in [6.45, 7) is 3.58. The molecule has 17 heavy (non-hydrogen) atoms. The van der Waals surface area contributed by atoms with Crippen LogP contribution in [0, 0.1) is 10.6 Å². The van der Waals surface area contributed by atoms with Crippen LogP contribution >= 0.6 is 22.6 Å². The second-order valence-electron chi connectivity index (χ2n) is 3.29. The van der Waals surface area contributed by atoms with Crippen molar-refractivity contribution in [1.29, 1.82) is 0 Å². The third-order valence-corrected chi connectivity index (χ3v) is 2.92. The molecule has 2 heterocycles. The molecule has 90 valence electrons.